The molecule has 0 bridgehead atoms. The highest BCUT2D eigenvalue weighted by atomic mass is 35.5. The lowest BCUT2D eigenvalue weighted by atomic mass is 10.2. The molecule has 3 rings (SSSR count). The highest BCUT2D eigenvalue weighted by Gasteiger charge is 2.18. The van der Waals surface area contributed by atoms with E-state index in [1.165, 1.54) is 11.8 Å². The quantitative estimate of drug-likeness (QED) is 0.617. The van der Waals surface area contributed by atoms with E-state index < -0.39 is 0 Å². The van der Waals surface area contributed by atoms with Gasteiger partial charge in [0.1, 0.15) is 5.75 Å². The van der Waals surface area contributed by atoms with Gasteiger partial charge < -0.3 is 13.7 Å². The van der Waals surface area contributed by atoms with Crippen molar-refractivity contribution in [2.45, 2.75) is 31.3 Å². The van der Waals surface area contributed by atoms with Crippen LogP contribution in [-0.2, 0) is 12.3 Å². The monoisotopic (exact) mass is 365 g/mol. The summed E-state index contributed by atoms with van der Waals surface area (Å²) in [5.41, 5.74) is 0.805. The van der Waals surface area contributed by atoms with Gasteiger partial charge in [-0.3, -0.25) is 0 Å². The number of ether oxygens (including phenoxy) is 1. The fraction of sp³-hybridized carbons (Fsp3) is 0.333. The molecule has 0 atom stereocenters. The second-order valence-corrected chi connectivity index (χ2v) is 6.28. The Labute approximate surface area is 148 Å². The normalized spacial score (nSPS) is 11.0. The maximum atomic E-state index is 6.12. The zero-order chi connectivity index (χ0) is 17.1. The van der Waals surface area contributed by atoms with Crippen molar-refractivity contribution < 1.29 is 9.15 Å². The summed E-state index contributed by atoms with van der Waals surface area (Å²) >= 11 is 7.61. The molecule has 2 aromatic heterocycles. The lowest BCUT2D eigenvalue weighted by Gasteiger charge is -2.10. The van der Waals surface area contributed by atoms with Gasteiger partial charge >= 0.3 is 0 Å². The first-order chi connectivity index (χ1) is 11.6. The lowest BCUT2D eigenvalue weighted by Crippen LogP contribution is -2.01. The number of aromatic nitrogens is 5. The van der Waals surface area contributed by atoms with Crippen LogP contribution < -0.4 is 4.74 Å². The molecule has 1 aromatic carbocycles. The summed E-state index contributed by atoms with van der Waals surface area (Å²) in [6, 6.07) is 5.43. The summed E-state index contributed by atoms with van der Waals surface area (Å²) in [7, 11) is 1.62. The van der Waals surface area contributed by atoms with Gasteiger partial charge in [0.2, 0.25) is 11.8 Å². The Kier molecular flexibility index (Phi) is 5.06. The van der Waals surface area contributed by atoms with E-state index in [1.807, 2.05) is 23.6 Å². The van der Waals surface area contributed by atoms with Gasteiger partial charge in [-0.25, -0.2) is 0 Å². The Balaban J connectivity index is 1.91. The third-order valence-electron chi connectivity index (χ3n) is 3.33. The number of rotatable bonds is 6. The topological polar surface area (TPSA) is 78.9 Å². The van der Waals surface area contributed by atoms with Gasteiger partial charge in [-0.2, -0.15) is 0 Å². The highest BCUT2D eigenvalue weighted by molar-refractivity contribution is 7.98. The highest BCUT2D eigenvalue weighted by Crippen LogP contribution is 2.33. The van der Waals surface area contributed by atoms with Crippen molar-refractivity contribution in [3.63, 3.8) is 0 Å². The van der Waals surface area contributed by atoms with Gasteiger partial charge in [0.05, 0.1) is 18.4 Å². The maximum absolute atomic E-state index is 6.12. The first kappa shape index (κ1) is 16.8. The molecule has 24 heavy (non-hydrogen) atoms. The van der Waals surface area contributed by atoms with Crippen molar-refractivity contribution in [3.05, 3.63) is 35.0 Å². The standard InChI is InChI=1S/C15H16ClN5O2S/c1-4-21-14(11-7-10(16)5-6-12(11)22-3)19-20-15(21)24-8-13-18-17-9(2)23-13/h5-7H,4,8H2,1-3H3. The number of hydrogen-bond donors (Lipinski definition) is 0. The largest absolute Gasteiger partial charge is 0.496 e. The van der Waals surface area contributed by atoms with Crippen LogP contribution in [-0.4, -0.2) is 32.1 Å². The third-order valence-corrected chi connectivity index (χ3v) is 4.51. The summed E-state index contributed by atoms with van der Waals surface area (Å²) < 4.78 is 12.8. The number of thioether (sulfide) groups is 1. The molecule has 2 heterocycles. The first-order valence-corrected chi connectivity index (χ1v) is 8.67. The minimum absolute atomic E-state index is 0.533. The smallest absolute Gasteiger partial charge is 0.226 e. The minimum Gasteiger partial charge on any atom is -0.496 e. The molecule has 0 saturated carbocycles. The van der Waals surface area contributed by atoms with Crippen LogP contribution in [0.15, 0.2) is 27.8 Å². The molecule has 126 valence electrons. The summed E-state index contributed by atoms with van der Waals surface area (Å²) in [6.07, 6.45) is 0. The van der Waals surface area contributed by atoms with E-state index in [0.717, 1.165) is 10.7 Å². The Morgan fingerprint density at radius 1 is 1.25 bits per heavy atom. The van der Waals surface area contributed by atoms with Gasteiger partial charge in [0.25, 0.3) is 0 Å². The number of methoxy groups -OCH3 is 1. The van der Waals surface area contributed by atoms with Crippen LogP contribution in [0.5, 0.6) is 5.75 Å². The van der Waals surface area contributed by atoms with E-state index in [4.69, 9.17) is 20.8 Å². The predicted molar refractivity (Wildman–Crippen MR) is 91.3 cm³/mol. The van der Waals surface area contributed by atoms with Gasteiger partial charge in [-0.1, -0.05) is 23.4 Å². The van der Waals surface area contributed by atoms with Crippen molar-refractivity contribution in [1.29, 1.82) is 0 Å². The van der Waals surface area contributed by atoms with Crippen molar-refractivity contribution in [2.75, 3.05) is 7.11 Å². The molecule has 0 amide bonds. The van der Waals surface area contributed by atoms with Crippen LogP contribution in [0.3, 0.4) is 0 Å². The van der Waals surface area contributed by atoms with Gasteiger partial charge in [-0.05, 0) is 25.1 Å². The molecule has 0 aliphatic rings. The molecular weight excluding hydrogens is 350 g/mol. The van der Waals surface area contributed by atoms with E-state index in [1.54, 1.807) is 20.1 Å². The zero-order valence-corrected chi connectivity index (χ0v) is 15.1. The first-order valence-electron chi connectivity index (χ1n) is 7.31. The van der Waals surface area contributed by atoms with Crippen molar-refractivity contribution >= 4 is 23.4 Å². The molecule has 7 nitrogen and oxygen atoms in total. The second kappa shape index (κ2) is 7.23. The molecular formula is C15H16ClN5O2S. The van der Waals surface area contributed by atoms with Crippen LogP contribution in [0.25, 0.3) is 11.4 Å². The molecule has 9 heteroatoms. The van der Waals surface area contributed by atoms with E-state index in [2.05, 4.69) is 20.4 Å². The molecule has 0 spiro atoms. The number of halogens is 1. The van der Waals surface area contributed by atoms with Crippen LogP contribution >= 0.6 is 23.4 Å². The molecule has 0 aliphatic carbocycles. The third kappa shape index (κ3) is 3.39. The Morgan fingerprint density at radius 3 is 2.75 bits per heavy atom. The number of benzene rings is 1. The molecule has 0 radical (unpaired) electrons. The summed E-state index contributed by atoms with van der Waals surface area (Å²) in [6.45, 7) is 4.51. The number of aryl methyl sites for hydroxylation is 1. The SMILES string of the molecule is CCn1c(SCc2nnc(C)o2)nnc1-c1cc(Cl)ccc1OC. The Hall–Kier alpha value is -2.06. The fourth-order valence-corrected chi connectivity index (χ4v) is 3.27. The summed E-state index contributed by atoms with van der Waals surface area (Å²) in [5, 5.41) is 17.8. The van der Waals surface area contributed by atoms with Gasteiger partial charge in [-0.15, -0.1) is 20.4 Å². The van der Waals surface area contributed by atoms with E-state index in [-0.39, 0.29) is 0 Å². The molecule has 0 aliphatic heterocycles. The molecule has 0 unspecified atom stereocenters. The van der Waals surface area contributed by atoms with E-state index >= 15 is 0 Å². The fourth-order valence-electron chi connectivity index (χ4n) is 2.26. The molecule has 0 N–H and O–H groups in total. The minimum atomic E-state index is 0.533. The summed E-state index contributed by atoms with van der Waals surface area (Å²) in [5.74, 6) is 3.05. The van der Waals surface area contributed by atoms with E-state index in [0.29, 0.717) is 40.7 Å². The number of hydrogen-bond acceptors (Lipinski definition) is 7. The predicted octanol–water partition coefficient (Wildman–Crippen LogP) is 3.61. The maximum Gasteiger partial charge on any atom is 0.226 e. The van der Waals surface area contributed by atoms with Gasteiger partial charge in [0, 0.05) is 18.5 Å². The van der Waals surface area contributed by atoms with Crippen molar-refractivity contribution in [3.8, 4) is 17.1 Å². The number of nitrogens with zero attached hydrogens (tertiary/aromatic N) is 5. The van der Waals surface area contributed by atoms with Crippen LogP contribution in [0, 0.1) is 6.92 Å². The Morgan fingerprint density at radius 2 is 2.08 bits per heavy atom. The summed E-state index contributed by atoms with van der Waals surface area (Å²) in [4.78, 5) is 0. The lowest BCUT2D eigenvalue weighted by molar-refractivity contribution is 0.416. The van der Waals surface area contributed by atoms with Crippen LogP contribution in [0.2, 0.25) is 5.02 Å². The second-order valence-electron chi connectivity index (χ2n) is 4.90. The average molecular weight is 366 g/mol. The molecule has 3 aromatic rings. The van der Waals surface area contributed by atoms with Crippen LogP contribution in [0.4, 0.5) is 0 Å². The van der Waals surface area contributed by atoms with Gasteiger partial charge in [0.15, 0.2) is 11.0 Å². The van der Waals surface area contributed by atoms with Crippen molar-refractivity contribution in [2.24, 2.45) is 0 Å². The zero-order valence-electron chi connectivity index (χ0n) is 13.5. The van der Waals surface area contributed by atoms with E-state index in [9.17, 15) is 0 Å². The van der Waals surface area contributed by atoms with Crippen LogP contribution in [0.1, 0.15) is 18.7 Å². The Bertz CT molecular complexity index is 848. The molecule has 0 fully saturated rings. The average Bonchev–Trinajstić information content (AvgIpc) is 3.18. The molecule has 0 saturated heterocycles. The van der Waals surface area contributed by atoms with Crippen molar-refractivity contribution in [1.82, 2.24) is 25.0 Å².